The van der Waals surface area contributed by atoms with Gasteiger partial charge in [0.15, 0.2) is 0 Å². The maximum absolute atomic E-state index is 14.1. The van der Waals surface area contributed by atoms with Gasteiger partial charge in [-0.15, -0.1) is 0 Å². The zero-order valence-corrected chi connectivity index (χ0v) is 24.5. The number of nitrogens with zero attached hydrogens (tertiary/aromatic N) is 4. The second-order valence-electron chi connectivity index (χ2n) is 11.6. The summed E-state index contributed by atoms with van der Waals surface area (Å²) < 4.78 is 11.2. The van der Waals surface area contributed by atoms with Crippen molar-refractivity contribution >= 4 is 29.6 Å². The molecule has 2 fully saturated rings. The van der Waals surface area contributed by atoms with Gasteiger partial charge in [0, 0.05) is 44.8 Å². The van der Waals surface area contributed by atoms with Gasteiger partial charge in [-0.2, -0.15) is 0 Å². The maximum Gasteiger partial charge on any atom is 0.415 e. The van der Waals surface area contributed by atoms with E-state index in [0.29, 0.717) is 37.5 Å². The highest BCUT2D eigenvalue weighted by molar-refractivity contribution is 6.04. The van der Waals surface area contributed by atoms with Crippen LogP contribution in [0.4, 0.5) is 10.5 Å². The highest BCUT2D eigenvalue weighted by Crippen LogP contribution is 2.29. The first-order valence-corrected chi connectivity index (χ1v) is 14.1. The monoisotopic (exact) mass is 564 g/mol. The molecule has 2 aromatic rings. The molecule has 220 valence electrons. The Morgan fingerprint density at radius 3 is 2.22 bits per heavy atom. The second-order valence-corrected chi connectivity index (χ2v) is 11.6. The Kier molecular flexibility index (Phi) is 9.32. The number of hydrogen-bond acceptors (Lipinski definition) is 7. The summed E-state index contributed by atoms with van der Waals surface area (Å²) in [6.45, 7) is 9.94. The number of rotatable bonds is 7. The van der Waals surface area contributed by atoms with Gasteiger partial charge in [-0.3, -0.25) is 14.5 Å². The van der Waals surface area contributed by atoms with Gasteiger partial charge in [0.05, 0.1) is 0 Å². The summed E-state index contributed by atoms with van der Waals surface area (Å²) in [4.78, 5) is 59.6. The Morgan fingerprint density at radius 1 is 0.976 bits per heavy atom. The molecule has 2 atom stereocenters. The first kappa shape index (κ1) is 30.0. The lowest BCUT2D eigenvalue weighted by Gasteiger charge is -2.34. The highest BCUT2D eigenvalue weighted by atomic mass is 16.6. The van der Waals surface area contributed by atoms with Crippen molar-refractivity contribution < 1.29 is 28.7 Å². The van der Waals surface area contributed by atoms with Gasteiger partial charge in [0.25, 0.3) is 5.91 Å². The third kappa shape index (κ3) is 7.64. The Bertz CT molecular complexity index is 1240. The molecule has 0 spiro atoms. The topological polar surface area (TPSA) is 99.7 Å². The molecule has 3 amide bonds. The third-order valence-electron chi connectivity index (χ3n) is 7.26. The number of likely N-dealkylation sites (tertiary alicyclic amines) is 1. The fourth-order valence-electron chi connectivity index (χ4n) is 4.99. The molecule has 2 aliphatic rings. The van der Waals surface area contributed by atoms with Crippen molar-refractivity contribution in [1.29, 1.82) is 0 Å². The van der Waals surface area contributed by atoms with E-state index >= 15 is 0 Å². The molecule has 0 aliphatic carbocycles. The molecule has 0 radical (unpaired) electrons. The Labute approximate surface area is 241 Å². The summed E-state index contributed by atoms with van der Waals surface area (Å²) in [7, 11) is 2.01. The van der Waals surface area contributed by atoms with Crippen LogP contribution >= 0.6 is 0 Å². The van der Waals surface area contributed by atoms with Crippen LogP contribution < -0.4 is 9.64 Å². The number of hydrogen-bond donors (Lipinski definition) is 0. The molecule has 2 saturated heterocycles. The van der Waals surface area contributed by atoms with Crippen molar-refractivity contribution in [3.8, 4) is 5.75 Å². The number of benzene rings is 2. The smallest absolute Gasteiger partial charge is 0.415 e. The van der Waals surface area contributed by atoms with Crippen LogP contribution in [0.2, 0.25) is 0 Å². The van der Waals surface area contributed by atoms with Gasteiger partial charge in [-0.05, 0) is 71.0 Å². The Hall–Kier alpha value is -3.92. The number of likely N-dealkylation sites (N-methyl/N-ethyl adjacent to an activating group) is 1. The minimum atomic E-state index is -0.963. The fraction of sp³-hybridized carbons (Fsp3) is 0.484. The SMILES string of the molecule is C[C@@H](C(=O)OC(C)(C)C)N(C(=O)[C@@H]1CCC(=O)N1Cc1ccccc1)c1ccc(OC(=O)N2CCN(C)CC2)cc1. The zero-order chi connectivity index (χ0) is 29.7. The number of esters is 1. The Balaban J connectivity index is 1.57. The molecule has 2 aromatic carbocycles. The van der Waals surface area contributed by atoms with Crippen molar-refractivity contribution in [1.82, 2.24) is 14.7 Å². The van der Waals surface area contributed by atoms with E-state index in [1.54, 1.807) is 61.8 Å². The molecule has 10 heteroatoms. The number of carbonyl (C=O) groups excluding carboxylic acids is 4. The van der Waals surface area contributed by atoms with Crippen LogP contribution in [0, 0.1) is 0 Å². The number of amides is 3. The molecule has 0 saturated carbocycles. The summed E-state index contributed by atoms with van der Waals surface area (Å²) in [6.07, 6.45) is 0.170. The molecule has 0 bridgehead atoms. The van der Waals surface area contributed by atoms with Crippen LogP contribution in [-0.4, -0.2) is 89.5 Å². The predicted octanol–water partition coefficient (Wildman–Crippen LogP) is 3.69. The standard InChI is InChI=1S/C31H40N4O6/c1-22(29(38)41-31(2,3)4)35(28(37)26-15-16-27(36)34(26)21-23-9-7-6-8-10-23)24-11-13-25(14-12-24)40-30(39)33-19-17-32(5)18-20-33/h6-14,22,26H,15-21H2,1-5H3/t22-,26-/m0/s1. The van der Waals surface area contributed by atoms with Crippen LogP contribution in [0.5, 0.6) is 5.75 Å². The minimum absolute atomic E-state index is 0.108. The second kappa shape index (κ2) is 12.7. The van der Waals surface area contributed by atoms with Crippen molar-refractivity contribution in [2.45, 2.75) is 64.8 Å². The van der Waals surface area contributed by atoms with Crippen LogP contribution in [0.15, 0.2) is 54.6 Å². The summed E-state index contributed by atoms with van der Waals surface area (Å²) in [5, 5.41) is 0. The van der Waals surface area contributed by atoms with Gasteiger partial charge < -0.3 is 24.2 Å². The van der Waals surface area contributed by atoms with Crippen molar-refractivity contribution in [2.75, 3.05) is 38.1 Å². The number of ether oxygens (including phenoxy) is 2. The Morgan fingerprint density at radius 2 is 1.61 bits per heavy atom. The van der Waals surface area contributed by atoms with Gasteiger partial charge in [0.1, 0.15) is 23.4 Å². The van der Waals surface area contributed by atoms with Crippen LogP contribution in [0.1, 0.15) is 46.1 Å². The first-order chi connectivity index (χ1) is 19.4. The average Bonchev–Trinajstić information content (AvgIpc) is 3.29. The minimum Gasteiger partial charge on any atom is -0.458 e. The van der Waals surface area contributed by atoms with Crippen molar-refractivity contribution in [3.63, 3.8) is 0 Å². The maximum atomic E-state index is 14.1. The lowest BCUT2D eigenvalue weighted by Crippen LogP contribution is -2.53. The van der Waals surface area contributed by atoms with E-state index in [1.165, 1.54) is 4.90 Å². The molecule has 0 N–H and O–H groups in total. The first-order valence-electron chi connectivity index (χ1n) is 14.1. The van der Waals surface area contributed by atoms with E-state index in [2.05, 4.69) is 4.90 Å². The summed E-state index contributed by atoms with van der Waals surface area (Å²) in [5.74, 6) is -0.706. The zero-order valence-electron chi connectivity index (χ0n) is 24.5. The van der Waals surface area contributed by atoms with Crippen LogP contribution in [0.25, 0.3) is 0 Å². The quantitative estimate of drug-likeness (QED) is 0.473. The molecule has 2 aliphatic heterocycles. The largest absolute Gasteiger partial charge is 0.458 e. The van der Waals surface area contributed by atoms with E-state index in [-0.39, 0.29) is 18.2 Å². The van der Waals surface area contributed by atoms with E-state index in [0.717, 1.165) is 18.7 Å². The lowest BCUT2D eigenvalue weighted by atomic mass is 10.1. The number of piperazine rings is 1. The van der Waals surface area contributed by atoms with Gasteiger partial charge in [-0.25, -0.2) is 9.59 Å². The number of anilines is 1. The molecule has 4 rings (SSSR count). The van der Waals surface area contributed by atoms with E-state index in [1.807, 2.05) is 37.4 Å². The van der Waals surface area contributed by atoms with Crippen molar-refractivity contribution in [2.24, 2.45) is 0 Å². The average molecular weight is 565 g/mol. The lowest BCUT2D eigenvalue weighted by molar-refractivity contribution is -0.157. The molecule has 0 aromatic heterocycles. The molecule has 41 heavy (non-hydrogen) atoms. The summed E-state index contributed by atoms with van der Waals surface area (Å²) >= 11 is 0. The molecular formula is C31H40N4O6. The molecule has 2 heterocycles. The van der Waals surface area contributed by atoms with Crippen molar-refractivity contribution in [3.05, 3.63) is 60.2 Å². The van der Waals surface area contributed by atoms with Gasteiger partial charge in [-0.1, -0.05) is 30.3 Å². The highest BCUT2D eigenvalue weighted by Gasteiger charge is 2.42. The van der Waals surface area contributed by atoms with Crippen LogP contribution in [-0.2, 0) is 25.7 Å². The van der Waals surface area contributed by atoms with Crippen LogP contribution in [0.3, 0.4) is 0 Å². The predicted molar refractivity (Wildman–Crippen MR) is 154 cm³/mol. The van der Waals surface area contributed by atoms with Gasteiger partial charge in [0.2, 0.25) is 5.91 Å². The fourth-order valence-corrected chi connectivity index (χ4v) is 4.99. The number of carbonyl (C=O) groups is 4. The van der Waals surface area contributed by atoms with E-state index < -0.39 is 29.7 Å². The van der Waals surface area contributed by atoms with E-state index in [9.17, 15) is 19.2 Å². The molecular weight excluding hydrogens is 524 g/mol. The van der Waals surface area contributed by atoms with E-state index in [4.69, 9.17) is 9.47 Å². The third-order valence-corrected chi connectivity index (χ3v) is 7.26. The summed E-state index contributed by atoms with van der Waals surface area (Å²) in [5.41, 5.74) is 0.606. The normalized spacial score (nSPS) is 18.7. The van der Waals surface area contributed by atoms with Gasteiger partial charge >= 0.3 is 12.1 Å². The molecule has 10 nitrogen and oxygen atoms in total. The molecule has 0 unspecified atom stereocenters. The summed E-state index contributed by atoms with van der Waals surface area (Å²) in [6, 6.07) is 14.3.